The van der Waals surface area contributed by atoms with Gasteiger partial charge in [0.1, 0.15) is 6.04 Å². The molecule has 2 amide bonds. The Balaban J connectivity index is 1.69. The molecule has 1 heterocycles. The van der Waals surface area contributed by atoms with Crippen LogP contribution in [0.1, 0.15) is 16.6 Å². The van der Waals surface area contributed by atoms with E-state index in [0.29, 0.717) is 18.0 Å². The van der Waals surface area contributed by atoms with Crippen LogP contribution in [0.15, 0.2) is 41.8 Å². The lowest BCUT2D eigenvalue weighted by molar-refractivity contribution is -0.384. The molecule has 132 valence electrons. The van der Waals surface area contributed by atoms with Gasteiger partial charge in [-0.2, -0.15) is 0 Å². The highest BCUT2D eigenvalue weighted by molar-refractivity contribution is 7.12. The molecule has 1 atom stereocenters. The molecule has 0 spiro atoms. The van der Waals surface area contributed by atoms with E-state index in [9.17, 15) is 19.7 Å². The summed E-state index contributed by atoms with van der Waals surface area (Å²) < 4.78 is 0. The molecule has 1 aromatic carbocycles. The van der Waals surface area contributed by atoms with Gasteiger partial charge < -0.3 is 16.0 Å². The van der Waals surface area contributed by atoms with Crippen molar-refractivity contribution in [3.63, 3.8) is 0 Å². The van der Waals surface area contributed by atoms with Crippen molar-refractivity contribution >= 4 is 34.5 Å². The molecule has 25 heavy (non-hydrogen) atoms. The van der Waals surface area contributed by atoms with Crippen LogP contribution in [0.5, 0.6) is 0 Å². The van der Waals surface area contributed by atoms with E-state index < -0.39 is 11.0 Å². The molecule has 0 bridgehead atoms. The second-order valence-electron chi connectivity index (χ2n) is 5.19. The van der Waals surface area contributed by atoms with Gasteiger partial charge in [-0.05, 0) is 30.5 Å². The molecular formula is C16H18N4O4S. The summed E-state index contributed by atoms with van der Waals surface area (Å²) in [6, 6.07) is 8.83. The highest BCUT2D eigenvalue weighted by Gasteiger charge is 2.16. The molecular weight excluding hydrogens is 344 g/mol. The Hall–Kier alpha value is -2.94. The number of non-ortho nitro benzene ring substituents is 1. The summed E-state index contributed by atoms with van der Waals surface area (Å²) in [4.78, 5) is 34.5. The van der Waals surface area contributed by atoms with Crippen LogP contribution in [0, 0.1) is 10.1 Å². The van der Waals surface area contributed by atoms with Gasteiger partial charge in [0.25, 0.3) is 11.6 Å². The molecule has 0 aliphatic heterocycles. The van der Waals surface area contributed by atoms with Gasteiger partial charge in [-0.15, -0.1) is 11.3 Å². The van der Waals surface area contributed by atoms with Crippen LogP contribution in [0.2, 0.25) is 0 Å². The minimum atomic E-state index is -0.644. The number of amides is 2. The maximum atomic E-state index is 12.0. The second kappa shape index (κ2) is 8.78. The molecule has 0 saturated heterocycles. The van der Waals surface area contributed by atoms with E-state index in [2.05, 4.69) is 16.0 Å². The number of anilines is 1. The Bertz CT molecular complexity index is 731. The van der Waals surface area contributed by atoms with Gasteiger partial charge in [0.15, 0.2) is 0 Å². The monoisotopic (exact) mass is 362 g/mol. The first kappa shape index (κ1) is 18.4. The molecule has 0 fully saturated rings. The van der Waals surface area contributed by atoms with E-state index in [4.69, 9.17) is 0 Å². The highest BCUT2D eigenvalue weighted by atomic mass is 32.1. The third kappa shape index (κ3) is 5.57. The fourth-order valence-corrected chi connectivity index (χ4v) is 2.61. The summed E-state index contributed by atoms with van der Waals surface area (Å²) in [5, 5.41) is 20.8. The maximum absolute atomic E-state index is 12.0. The molecule has 8 nitrogen and oxygen atoms in total. The molecule has 1 aromatic heterocycles. The molecule has 1 unspecified atom stereocenters. The lowest BCUT2D eigenvalue weighted by Crippen LogP contribution is -2.45. The van der Waals surface area contributed by atoms with Crippen LogP contribution in [0.4, 0.5) is 11.4 Å². The quantitative estimate of drug-likeness (QED) is 0.378. The predicted octanol–water partition coefficient (Wildman–Crippen LogP) is 2.00. The highest BCUT2D eigenvalue weighted by Crippen LogP contribution is 2.14. The number of hydrogen-bond acceptors (Lipinski definition) is 6. The number of nitro benzene ring substituents is 1. The van der Waals surface area contributed by atoms with Gasteiger partial charge in [0, 0.05) is 30.9 Å². The lowest BCUT2D eigenvalue weighted by Gasteiger charge is -2.14. The van der Waals surface area contributed by atoms with Crippen molar-refractivity contribution in [1.82, 2.24) is 10.6 Å². The zero-order chi connectivity index (χ0) is 18.2. The van der Waals surface area contributed by atoms with Gasteiger partial charge in [-0.25, -0.2) is 0 Å². The number of hydrogen-bond donors (Lipinski definition) is 3. The lowest BCUT2D eigenvalue weighted by atomic mass is 10.3. The third-order valence-electron chi connectivity index (χ3n) is 3.32. The van der Waals surface area contributed by atoms with Crippen LogP contribution in [0.3, 0.4) is 0 Å². The maximum Gasteiger partial charge on any atom is 0.269 e. The van der Waals surface area contributed by atoms with E-state index in [1.807, 2.05) is 0 Å². The van der Waals surface area contributed by atoms with E-state index in [0.717, 1.165) is 5.69 Å². The Morgan fingerprint density at radius 2 is 1.92 bits per heavy atom. The minimum Gasteiger partial charge on any atom is -0.383 e. The summed E-state index contributed by atoms with van der Waals surface area (Å²) in [5.74, 6) is -0.558. The fourth-order valence-electron chi connectivity index (χ4n) is 1.99. The average Bonchev–Trinajstić information content (AvgIpc) is 3.13. The first-order valence-corrected chi connectivity index (χ1v) is 8.45. The molecule has 0 saturated carbocycles. The van der Waals surface area contributed by atoms with Crippen LogP contribution >= 0.6 is 11.3 Å². The summed E-state index contributed by atoms with van der Waals surface area (Å²) in [6.07, 6.45) is 0. The van der Waals surface area contributed by atoms with E-state index in [1.165, 1.54) is 23.5 Å². The van der Waals surface area contributed by atoms with Gasteiger partial charge in [-0.1, -0.05) is 6.07 Å². The van der Waals surface area contributed by atoms with Crippen molar-refractivity contribution in [3.8, 4) is 0 Å². The van der Waals surface area contributed by atoms with Gasteiger partial charge in [0.2, 0.25) is 5.91 Å². The number of rotatable bonds is 8. The van der Waals surface area contributed by atoms with E-state index in [1.54, 1.807) is 36.6 Å². The molecule has 2 aromatic rings. The number of carbonyl (C=O) groups excluding carboxylic acids is 2. The van der Waals surface area contributed by atoms with Crippen LogP contribution in [-0.2, 0) is 4.79 Å². The van der Waals surface area contributed by atoms with Crippen LogP contribution < -0.4 is 16.0 Å². The Kier molecular flexibility index (Phi) is 6.47. The van der Waals surface area contributed by atoms with Crippen molar-refractivity contribution in [3.05, 3.63) is 56.8 Å². The summed E-state index contributed by atoms with van der Waals surface area (Å²) in [5.41, 5.74) is 0.744. The number of carbonyl (C=O) groups is 2. The number of nitrogens with zero attached hydrogens (tertiary/aromatic N) is 1. The Morgan fingerprint density at radius 3 is 2.52 bits per heavy atom. The van der Waals surface area contributed by atoms with E-state index >= 15 is 0 Å². The Labute approximate surface area is 148 Å². The van der Waals surface area contributed by atoms with Crippen molar-refractivity contribution in [1.29, 1.82) is 0 Å². The van der Waals surface area contributed by atoms with Gasteiger partial charge >= 0.3 is 0 Å². The Morgan fingerprint density at radius 1 is 1.20 bits per heavy atom. The van der Waals surface area contributed by atoms with Gasteiger partial charge in [-0.3, -0.25) is 19.7 Å². The summed E-state index contributed by atoms with van der Waals surface area (Å²) >= 11 is 1.31. The molecule has 9 heteroatoms. The topological polar surface area (TPSA) is 113 Å². The standard InChI is InChI=1S/C16H18N4O4S/c1-11(19-16(22)14-3-2-10-25-14)15(21)18-9-8-17-12-4-6-13(7-5-12)20(23)24/h2-7,10-11,17H,8-9H2,1H3,(H,18,21)(H,19,22). The number of nitrogens with one attached hydrogen (secondary N) is 3. The third-order valence-corrected chi connectivity index (χ3v) is 4.19. The van der Waals surface area contributed by atoms with Crippen molar-refractivity contribution in [2.24, 2.45) is 0 Å². The molecule has 0 aliphatic rings. The predicted molar refractivity (Wildman–Crippen MR) is 95.8 cm³/mol. The van der Waals surface area contributed by atoms with Gasteiger partial charge in [0.05, 0.1) is 9.80 Å². The second-order valence-corrected chi connectivity index (χ2v) is 6.14. The van der Waals surface area contributed by atoms with E-state index in [-0.39, 0.29) is 17.5 Å². The number of thiophene rings is 1. The molecule has 2 rings (SSSR count). The van der Waals surface area contributed by atoms with Crippen molar-refractivity contribution in [2.45, 2.75) is 13.0 Å². The smallest absolute Gasteiger partial charge is 0.269 e. The zero-order valence-corrected chi connectivity index (χ0v) is 14.3. The normalized spacial score (nSPS) is 11.4. The van der Waals surface area contributed by atoms with Crippen LogP contribution in [-0.4, -0.2) is 35.9 Å². The summed E-state index contributed by atoms with van der Waals surface area (Å²) in [6.45, 7) is 2.43. The number of benzene rings is 1. The SMILES string of the molecule is CC(NC(=O)c1cccs1)C(=O)NCCNc1ccc([N+](=O)[O-])cc1. The first-order valence-electron chi connectivity index (χ1n) is 7.58. The molecule has 3 N–H and O–H groups in total. The molecule has 0 aliphatic carbocycles. The first-order chi connectivity index (χ1) is 12.0. The van der Waals surface area contributed by atoms with Crippen molar-refractivity contribution < 1.29 is 14.5 Å². The largest absolute Gasteiger partial charge is 0.383 e. The fraction of sp³-hybridized carbons (Fsp3) is 0.250. The average molecular weight is 362 g/mol. The zero-order valence-electron chi connectivity index (χ0n) is 13.5. The van der Waals surface area contributed by atoms with Crippen molar-refractivity contribution in [2.75, 3.05) is 18.4 Å². The molecule has 0 radical (unpaired) electrons. The van der Waals surface area contributed by atoms with Crippen LogP contribution in [0.25, 0.3) is 0 Å². The summed E-state index contributed by atoms with van der Waals surface area (Å²) in [7, 11) is 0. The minimum absolute atomic E-state index is 0.0224. The number of nitro groups is 1.